The number of hydrogen-bond acceptors (Lipinski definition) is 3. The Morgan fingerprint density at radius 1 is 1.29 bits per heavy atom. The van der Waals surface area contributed by atoms with Crippen LogP contribution in [0.3, 0.4) is 0 Å². The van der Waals surface area contributed by atoms with Gasteiger partial charge in [0.15, 0.2) is 6.21 Å². The predicted octanol–water partition coefficient (Wildman–Crippen LogP) is 1.50. The van der Waals surface area contributed by atoms with Crippen LogP contribution in [-0.4, -0.2) is 36.9 Å². The van der Waals surface area contributed by atoms with Gasteiger partial charge < -0.3 is 5.32 Å². The molecule has 0 saturated carbocycles. The van der Waals surface area contributed by atoms with Gasteiger partial charge in [-0.15, -0.1) is 0 Å². The molecule has 0 heterocycles. The second kappa shape index (κ2) is 5.79. The maximum Gasteiger partial charge on any atom is 0.269 e. The van der Waals surface area contributed by atoms with Gasteiger partial charge in [-0.1, -0.05) is 0 Å². The zero-order chi connectivity index (χ0) is 12.8. The number of allylic oxidation sites excluding steroid dienone is 1. The molecule has 1 N–H and O–H groups in total. The molecule has 0 bridgehead atoms. The summed E-state index contributed by atoms with van der Waals surface area (Å²) in [6.45, 7) is 0. The summed E-state index contributed by atoms with van der Waals surface area (Å²) >= 11 is 0. The number of non-ortho nitro benzene ring substituents is 1. The van der Waals surface area contributed by atoms with E-state index in [-0.39, 0.29) is 5.69 Å². The molecular weight excluding hydrogens is 218 g/mol. The van der Waals surface area contributed by atoms with Crippen LogP contribution < -0.4 is 5.32 Å². The van der Waals surface area contributed by atoms with Crippen LogP contribution >= 0.6 is 0 Å². The van der Waals surface area contributed by atoms with E-state index in [9.17, 15) is 10.1 Å². The van der Waals surface area contributed by atoms with Crippen LogP contribution in [0, 0.1) is 10.1 Å². The number of hydrogen-bond donors (Lipinski definition) is 1. The molecule has 0 spiro atoms. The standard InChI is InChI=1S/C12H15N3O2/c1-13-8-11(9-14(2)3)10-4-6-12(7-5-10)15(16)17/h4-9H,1-3H3/p+1. The lowest BCUT2D eigenvalue weighted by atomic mass is 10.1. The van der Waals surface area contributed by atoms with E-state index in [0.717, 1.165) is 11.1 Å². The molecule has 1 aromatic rings. The minimum Gasteiger partial charge on any atom is -0.393 e. The molecule has 17 heavy (non-hydrogen) atoms. The van der Waals surface area contributed by atoms with Crippen LogP contribution in [0.5, 0.6) is 0 Å². The molecule has 0 aliphatic carbocycles. The Hall–Kier alpha value is -2.17. The van der Waals surface area contributed by atoms with E-state index in [2.05, 4.69) is 5.32 Å². The SMILES string of the molecule is CNC=C(C=[N+](C)C)c1ccc([N+](=O)[O-])cc1. The van der Waals surface area contributed by atoms with Crippen molar-refractivity contribution in [2.75, 3.05) is 21.1 Å². The lowest BCUT2D eigenvalue weighted by molar-refractivity contribution is -0.458. The van der Waals surface area contributed by atoms with Gasteiger partial charge in [0, 0.05) is 25.4 Å². The highest BCUT2D eigenvalue weighted by Crippen LogP contribution is 2.17. The summed E-state index contributed by atoms with van der Waals surface area (Å²) in [7, 11) is 5.67. The minimum atomic E-state index is -0.402. The number of nitrogens with zero attached hydrogens (tertiary/aromatic N) is 2. The number of nitro benzene ring substituents is 1. The Morgan fingerprint density at radius 3 is 2.29 bits per heavy atom. The monoisotopic (exact) mass is 234 g/mol. The van der Waals surface area contributed by atoms with Crippen LogP contribution in [0.1, 0.15) is 5.56 Å². The largest absolute Gasteiger partial charge is 0.393 e. The first kappa shape index (κ1) is 12.9. The van der Waals surface area contributed by atoms with Gasteiger partial charge in [-0.2, -0.15) is 0 Å². The van der Waals surface area contributed by atoms with E-state index in [1.54, 1.807) is 12.1 Å². The maximum absolute atomic E-state index is 10.5. The van der Waals surface area contributed by atoms with Crippen molar-refractivity contribution in [2.24, 2.45) is 0 Å². The quantitative estimate of drug-likeness (QED) is 0.372. The second-order valence-corrected chi connectivity index (χ2v) is 3.79. The third-order valence-corrected chi connectivity index (χ3v) is 2.11. The van der Waals surface area contributed by atoms with E-state index >= 15 is 0 Å². The summed E-state index contributed by atoms with van der Waals surface area (Å²) in [6, 6.07) is 6.48. The zero-order valence-corrected chi connectivity index (χ0v) is 10.2. The van der Waals surface area contributed by atoms with Crippen LogP contribution in [0.2, 0.25) is 0 Å². The molecule has 0 saturated heterocycles. The van der Waals surface area contributed by atoms with Crippen LogP contribution in [0.15, 0.2) is 30.5 Å². The first-order valence-corrected chi connectivity index (χ1v) is 5.18. The molecule has 0 atom stereocenters. The summed E-state index contributed by atoms with van der Waals surface area (Å²) in [4.78, 5) is 10.1. The van der Waals surface area contributed by atoms with Crippen molar-refractivity contribution in [2.45, 2.75) is 0 Å². The highest BCUT2D eigenvalue weighted by atomic mass is 16.6. The second-order valence-electron chi connectivity index (χ2n) is 3.79. The molecule has 1 rings (SSSR count). The van der Waals surface area contributed by atoms with Crippen molar-refractivity contribution in [1.29, 1.82) is 0 Å². The third kappa shape index (κ3) is 3.71. The van der Waals surface area contributed by atoms with E-state index < -0.39 is 4.92 Å². The van der Waals surface area contributed by atoms with Gasteiger partial charge in [0.25, 0.3) is 5.69 Å². The summed E-state index contributed by atoms with van der Waals surface area (Å²) in [6.07, 6.45) is 3.79. The van der Waals surface area contributed by atoms with Gasteiger partial charge in [0.1, 0.15) is 14.1 Å². The molecule has 90 valence electrons. The van der Waals surface area contributed by atoms with Crippen LogP contribution in [-0.2, 0) is 0 Å². The Balaban J connectivity index is 3.08. The van der Waals surface area contributed by atoms with Crippen molar-refractivity contribution < 1.29 is 9.50 Å². The summed E-state index contributed by atoms with van der Waals surface area (Å²) in [5.41, 5.74) is 1.99. The highest BCUT2D eigenvalue weighted by Gasteiger charge is 2.07. The molecule has 5 heteroatoms. The molecule has 0 amide bonds. The third-order valence-electron chi connectivity index (χ3n) is 2.11. The molecule has 0 unspecified atom stereocenters. The molecule has 0 aromatic heterocycles. The topological polar surface area (TPSA) is 58.2 Å². The van der Waals surface area contributed by atoms with E-state index in [0.29, 0.717) is 0 Å². The van der Waals surface area contributed by atoms with Gasteiger partial charge >= 0.3 is 0 Å². The van der Waals surface area contributed by atoms with Gasteiger partial charge in [0.05, 0.1) is 10.5 Å². The fourth-order valence-electron chi connectivity index (χ4n) is 1.40. The van der Waals surface area contributed by atoms with Crippen LogP contribution in [0.4, 0.5) is 5.69 Å². The molecule has 0 fully saturated rings. The maximum atomic E-state index is 10.5. The Bertz CT molecular complexity index is 457. The van der Waals surface area contributed by atoms with Crippen LogP contribution in [0.25, 0.3) is 5.57 Å². The lowest BCUT2D eigenvalue weighted by Gasteiger charge is -2.01. The van der Waals surface area contributed by atoms with E-state index in [1.165, 1.54) is 12.1 Å². The van der Waals surface area contributed by atoms with E-state index in [4.69, 9.17) is 0 Å². The average Bonchev–Trinajstić information content (AvgIpc) is 2.28. The first-order chi connectivity index (χ1) is 8.04. The Labute approximate surface area is 100 Å². The van der Waals surface area contributed by atoms with Crippen molar-refractivity contribution in [3.05, 3.63) is 46.1 Å². The summed E-state index contributed by atoms with van der Waals surface area (Å²) in [5.74, 6) is 0. The minimum absolute atomic E-state index is 0.0995. The predicted molar refractivity (Wildman–Crippen MR) is 68.3 cm³/mol. The number of benzene rings is 1. The lowest BCUT2D eigenvalue weighted by Crippen LogP contribution is -2.04. The summed E-state index contributed by atoms with van der Waals surface area (Å²) in [5, 5.41) is 13.5. The van der Waals surface area contributed by atoms with Crippen molar-refractivity contribution >= 4 is 17.5 Å². The van der Waals surface area contributed by atoms with Gasteiger partial charge in [0.2, 0.25) is 0 Å². The van der Waals surface area contributed by atoms with Crippen molar-refractivity contribution in [3.63, 3.8) is 0 Å². The molecule has 0 radical (unpaired) electrons. The molecule has 1 aromatic carbocycles. The smallest absolute Gasteiger partial charge is 0.269 e. The number of nitrogens with one attached hydrogen (secondary N) is 1. The molecule has 0 aliphatic rings. The highest BCUT2D eigenvalue weighted by molar-refractivity contribution is 6.07. The summed E-state index contributed by atoms with van der Waals surface area (Å²) < 4.78 is 1.92. The molecule has 0 aliphatic heterocycles. The number of rotatable bonds is 4. The van der Waals surface area contributed by atoms with Crippen molar-refractivity contribution in [1.82, 2.24) is 5.32 Å². The van der Waals surface area contributed by atoms with Crippen molar-refractivity contribution in [3.8, 4) is 0 Å². The van der Waals surface area contributed by atoms with E-state index in [1.807, 2.05) is 38.1 Å². The first-order valence-electron chi connectivity index (χ1n) is 5.18. The van der Waals surface area contributed by atoms with Gasteiger partial charge in [-0.25, -0.2) is 4.58 Å². The molecular formula is C12H16N3O2+. The Kier molecular flexibility index (Phi) is 4.39. The van der Waals surface area contributed by atoms with Gasteiger partial charge in [-0.05, 0) is 17.7 Å². The zero-order valence-electron chi connectivity index (χ0n) is 10.2. The Morgan fingerprint density at radius 2 is 1.88 bits per heavy atom. The number of nitro groups is 1. The van der Waals surface area contributed by atoms with Gasteiger partial charge in [-0.3, -0.25) is 10.1 Å². The average molecular weight is 234 g/mol. The molecule has 5 nitrogen and oxygen atoms in total. The fraction of sp³-hybridized carbons (Fsp3) is 0.250. The fourth-order valence-corrected chi connectivity index (χ4v) is 1.40. The normalized spacial score (nSPS) is 10.9.